The van der Waals surface area contributed by atoms with Crippen molar-refractivity contribution in [3.63, 3.8) is 0 Å². The Bertz CT molecular complexity index is 965. The molecule has 1 aliphatic carbocycles. The number of carbonyl (C=O) groups is 1. The van der Waals surface area contributed by atoms with Crippen molar-refractivity contribution >= 4 is 17.2 Å². The molecule has 1 saturated heterocycles. The summed E-state index contributed by atoms with van der Waals surface area (Å²) in [4.78, 5) is 17.2. The van der Waals surface area contributed by atoms with Crippen LogP contribution in [0.1, 0.15) is 62.1 Å². The van der Waals surface area contributed by atoms with Gasteiger partial charge in [-0.25, -0.2) is 4.68 Å². The summed E-state index contributed by atoms with van der Waals surface area (Å²) >= 11 is 0. The first-order chi connectivity index (χ1) is 15.0. The van der Waals surface area contributed by atoms with Crippen molar-refractivity contribution in [2.24, 2.45) is 5.92 Å². The average molecular weight is 420 g/mol. The Hall–Kier alpha value is -3.07. The lowest BCUT2D eigenvalue weighted by molar-refractivity contribution is 0.0718. The number of carbonyl (C=O) groups excluding carboxylic acids is 1. The van der Waals surface area contributed by atoms with E-state index in [4.69, 9.17) is 10.4 Å². The molecule has 6 nitrogen and oxygen atoms in total. The molecule has 31 heavy (non-hydrogen) atoms. The van der Waals surface area contributed by atoms with Gasteiger partial charge in [-0.1, -0.05) is 25.2 Å². The van der Waals surface area contributed by atoms with Gasteiger partial charge in [0.25, 0.3) is 5.91 Å². The van der Waals surface area contributed by atoms with Crippen LogP contribution in [0.2, 0.25) is 0 Å². The maximum atomic E-state index is 13.2. The van der Waals surface area contributed by atoms with E-state index in [0.717, 1.165) is 49.3 Å². The van der Waals surface area contributed by atoms with E-state index in [2.05, 4.69) is 44.1 Å². The Balaban J connectivity index is 2.03. The summed E-state index contributed by atoms with van der Waals surface area (Å²) in [5.41, 5.74) is 4.68. The summed E-state index contributed by atoms with van der Waals surface area (Å²) in [6.07, 6.45) is 14.5. The number of nitrogens with zero attached hydrogens (tertiary/aromatic N) is 5. The molecule has 0 saturated carbocycles. The van der Waals surface area contributed by atoms with Gasteiger partial charge in [0, 0.05) is 44.5 Å². The Kier molecular flexibility index (Phi) is 7.51. The Morgan fingerprint density at radius 2 is 2.03 bits per heavy atom. The molecule has 3 rings (SSSR count). The second-order valence-electron chi connectivity index (χ2n) is 8.44. The molecule has 1 amide bonds. The number of hydrogen-bond donors (Lipinski definition) is 0. The van der Waals surface area contributed by atoms with Gasteiger partial charge in [-0.05, 0) is 56.4 Å². The van der Waals surface area contributed by atoms with E-state index in [9.17, 15) is 4.79 Å². The van der Waals surface area contributed by atoms with Crippen molar-refractivity contribution in [1.29, 1.82) is 5.26 Å². The van der Waals surface area contributed by atoms with Gasteiger partial charge in [-0.15, -0.1) is 0 Å². The third kappa shape index (κ3) is 5.16. The highest BCUT2D eigenvalue weighted by Gasteiger charge is 2.25. The fourth-order valence-electron chi connectivity index (χ4n) is 4.32. The molecule has 1 unspecified atom stereocenters. The van der Waals surface area contributed by atoms with E-state index in [-0.39, 0.29) is 5.91 Å². The van der Waals surface area contributed by atoms with Crippen LogP contribution in [-0.4, -0.2) is 52.7 Å². The van der Waals surface area contributed by atoms with Crippen molar-refractivity contribution in [1.82, 2.24) is 19.6 Å². The van der Waals surface area contributed by atoms with Crippen LogP contribution in [0.25, 0.3) is 11.3 Å². The molecule has 1 aromatic heterocycles. The normalized spacial score (nSPS) is 19.8. The highest BCUT2D eigenvalue weighted by Crippen LogP contribution is 2.31. The van der Waals surface area contributed by atoms with E-state index in [1.54, 1.807) is 0 Å². The molecule has 1 aromatic rings. The standard InChI is InChI=1S/C25H33N5O/c1-5-20(11-7-8-14-26)24-18-22(25(31)29-15-9-6-10-16-29)27-30(24)21-12-13-23(28(3)4)19(2)17-21/h5,7,11-13,18-19H,6,8-10,15-17H2,1-4H3/b11-7-,20-5+. The van der Waals surface area contributed by atoms with Crippen LogP contribution >= 0.6 is 0 Å². The molecule has 0 radical (unpaired) electrons. The predicted octanol–water partition coefficient (Wildman–Crippen LogP) is 4.71. The van der Waals surface area contributed by atoms with Crippen LogP contribution in [0, 0.1) is 17.2 Å². The first kappa shape index (κ1) is 22.6. The van der Waals surface area contributed by atoms with Crippen molar-refractivity contribution in [2.45, 2.75) is 46.0 Å². The van der Waals surface area contributed by atoms with Gasteiger partial charge >= 0.3 is 0 Å². The zero-order valence-corrected chi connectivity index (χ0v) is 19.1. The molecule has 0 bridgehead atoms. The maximum absolute atomic E-state index is 13.2. The topological polar surface area (TPSA) is 65.2 Å². The van der Waals surface area contributed by atoms with Gasteiger partial charge in [0.2, 0.25) is 0 Å². The van der Waals surface area contributed by atoms with Gasteiger partial charge in [0.1, 0.15) is 0 Å². The molecule has 6 heteroatoms. The lowest BCUT2D eigenvalue weighted by Crippen LogP contribution is -2.35. The lowest BCUT2D eigenvalue weighted by atomic mass is 9.95. The van der Waals surface area contributed by atoms with Crippen LogP contribution in [0.4, 0.5) is 0 Å². The summed E-state index contributed by atoms with van der Waals surface area (Å²) in [6.45, 7) is 5.78. The van der Waals surface area contributed by atoms with E-state index < -0.39 is 0 Å². The summed E-state index contributed by atoms with van der Waals surface area (Å²) in [7, 11) is 4.13. The summed E-state index contributed by atoms with van der Waals surface area (Å²) < 4.78 is 1.92. The number of piperidine rings is 1. The number of nitriles is 1. The SMILES string of the molecule is C/C=C(\C=C/CC#N)c1cc(C(=O)N2CCCCC2)nn1C1=CC=C(N(C)C)C(C)C1. The fourth-order valence-corrected chi connectivity index (χ4v) is 4.32. The highest BCUT2D eigenvalue weighted by molar-refractivity contribution is 5.94. The number of amides is 1. The van der Waals surface area contributed by atoms with Gasteiger partial charge in [0.05, 0.1) is 18.2 Å². The zero-order valence-electron chi connectivity index (χ0n) is 19.1. The van der Waals surface area contributed by atoms with E-state index in [1.807, 2.05) is 40.8 Å². The molecule has 1 fully saturated rings. The van der Waals surface area contributed by atoms with Crippen LogP contribution < -0.4 is 0 Å². The van der Waals surface area contributed by atoms with Crippen LogP contribution in [-0.2, 0) is 0 Å². The number of rotatable bonds is 6. The molecular formula is C25H33N5O. The van der Waals surface area contributed by atoms with Crippen molar-refractivity contribution in [3.8, 4) is 6.07 Å². The van der Waals surface area contributed by atoms with E-state index >= 15 is 0 Å². The molecule has 0 N–H and O–H groups in total. The van der Waals surface area contributed by atoms with Crippen LogP contribution in [0.15, 0.2) is 42.1 Å². The van der Waals surface area contributed by atoms with E-state index in [0.29, 0.717) is 18.0 Å². The highest BCUT2D eigenvalue weighted by atomic mass is 16.2. The Morgan fingerprint density at radius 1 is 1.29 bits per heavy atom. The molecule has 2 aliphatic rings. The fraction of sp³-hybridized carbons (Fsp3) is 0.480. The molecule has 2 heterocycles. The van der Waals surface area contributed by atoms with Gasteiger partial charge < -0.3 is 9.80 Å². The minimum atomic E-state index is 0.00476. The summed E-state index contributed by atoms with van der Waals surface area (Å²) in [6, 6.07) is 4.05. The van der Waals surface area contributed by atoms with Gasteiger partial charge in [-0.3, -0.25) is 4.79 Å². The molecule has 0 aromatic carbocycles. The minimum Gasteiger partial charge on any atom is -0.381 e. The van der Waals surface area contributed by atoms with Crippen molar-refractivity contribution < 1.29 is 4.79 Å². The first-order valence-electron chi connectivity index (χ1n) is 11.1. The van der Waals surface area contributed by atoms with Crippen molar-refractivity contribution in [2.75, 3.05) is 27.2 Å². The number of hydrogen-bond acceptors (Lipinski definition) is 4. The average Bonchev–Trinajstić information content (AvgIpc) is 3.21. The largest absolute Gasteiger partial charge is 0.381 e. The maximum Gasteiger partial charge on any atom is 0.274 e. The third-order valence-electron chi connectivity index (χ3n) is 5.94. The Morgan fingerprint density at radius 3 is 2.65 bits per heavy atom. The smallest absolute Gasteiger partial charge is 0.274 e. The predicted molar refractivity (Wildman–Crippen MR) is 125 cm³/mol. The zero-order chi connectivity index (χ0) is 22.4. The monoisotopic (exact) mass is 419 g/mol. The van der Waals surface area contributed by atoms with E-state index in [1.165, 1.54) is 12.1 Å². The molecule has 164 valence electrons. The summed E-state index contributed by atoms with van der Waals surface area (Å²) in [5.74, 6) is 0.363. The second-order valence-corrected chi connectivity index (χ2v) is 8.44. The molecule has 0 spiro atoms. The molecular weight excluding hydrogens is 386 g/mol. The molecule has 1 atom stereocenters. The summed E-state index contributed by atoms with van der Waals surface area (Å²) in [5, 5.41) is 13.7. The minimum absolute atomic E-state index is 0.00476. The lowest BCUT2D eigenvalue weighted by Gasteiger charge is -2.28. The second kappa shape index (κ2) is 10.3. The van der Waals surface area contributed by atoms with Crippen LogP contribution in [0.5, 0.6) is 0 Å². The number of likely N-dealkylation sites (tertiary alicyclic amines) is 1. The number of allylic oxidation sites excluding steroid dienone is 8. The number of aromatic nitrogens is 2. The quantitative estimate of drug-likeness (QED) is 0.627. The first-order valence-corrected chi connectivity index (χ1v) is 11.1. The van der Waals surface area contributed by atoms with Gasteiger partial charge in [-0.2, -0.15) is 10.4 Å². The molecule has 1 aliphatic heterocycles. The van der Waals surface area contributed by atoms with Crippen molar-refractivity contribution in [3.05, 3.63) is 53.5 Å². The third-order valence-corrected chi connectivity index (χ3v) is 5.94. The van der Waals surface area contributed by atoms with Crippen LogP contribution in [0.3, 0.4) is 0 Å². The van der Waals surface area contributed by atoms with Gasteiger partial charge in [0.15, 0.2) is 5.69 Å². The Labute approximate surface area is 185 Å².